The summed E-state index contributed by atoms with van der Waals surface area (Å²) >= 11 is 0. The van der Waals surface area contributed by atoms with Gasteiger partial charge < -0.3 is 0 Å². The number of hydrogen-bond donors (Lipinski definition) is 0. The zero-order valence-electron chi connectivity index (χ0n) is 7.13. The third-order valence-electron chi connectivity index (χ3n) is 2.03. The minimum atomic E-state index is 0.293. The van der Waals surface area contributed by atoms with Gasteiger partial charge in [0.15, 0.2) is 5.78 Å². The molecule has 0 amide bonds. The molecule has 0 saturated carbocycles. The van der Waals surface area contributed by atoms with Gasteiger partial charge in [-0.1, -0.05) is 32.1 Å². The van der Waals surface area contributed by atoms with Crippen LogP contribution in [0.2, 0.25) is 0 Å². The van der Waals surface area contributed by atoms with E-state index in [-0.39, 0.29) is 0 Å². The van der Waals surface area contributed by atoms with E-state index in [0.717, 1.165) is 12.0 Å². The number of Topliss-reactive ketones (excluding diaryl/α,β-unsaturated/α-hetero) is 1. The Morgan fingerprint density at radius 2 is 2.45 bits per heavy atom. The van der Waals surface area contributed by atoms with Gasteiger partial charge in [0.25, 0.3) is 0 Å². The summed E-state index contributed by atoms with van der Waals surface area (Å²) in [6, 6.07) is 0. The van der Waals surface area contributed by atoms with E-state index < -0.39 is 0 Å². The number of carbonyl (C=O) groups excluding carboxylic acids is 1. The van der Waals surface area contributed by atoms with Crippen molar-refractivity contribution in [3.05, 3.63) is 23.8 Å². The van der Waals surface area contributed by atoms with Gasteiger partial charge in [0.2, 0.25) is 0 Å². The van der Waals surface area contributed by atoms with Crippen LogP contribution in [-0.4, -0.2) is 5.78 Å². The smallest absolute Gasteiger partial charge is 0.158 e. The van der Waals surface area contributed by atoms with Gasteiger partial charge in [-0.15, -0.1) is 0 Å². The molecule has 0 N–H and O–H groups in total. The molecule has 60 valence electrons. The number of ketones is 1. The zero-order chi connectivity index (χ0) is 8.27. The molecule has 0 heterocycles. The Labute approximate surface area is 67.8 Å². The van der Waals surface area contributed by atoms with Crippen LogP contribution in [0.15, 0.2) is 23.8 Å². The average molecular weight is 150 g/mol. The summed E-state index contributed by atoms with van der Waals surface area (Å²) < 4.78 is 0. The third-order valence-corrected chi connectivity index (χ3v) is 2.03. The predicted octanol–water partition coefficient (Wildman–Crippen LogP) is 2.49. The van der Waals surface area contributed by atoms with Crippen molar-refractivity contribution in [3.8, 4) is 0 Å². The second-order valence-corrected chi connectivity index (χ2v) is 2.89. The SMILES string of the molecule is CCC(=O)C1=CCC=CC1C. The first-order valence-electron chi connectivity index (χ1n) is 4.15. The summed E-state index contributed by atoms with van der Waals surface area (Å²) in [5.74, 6) is 0.623. The van der Waals surface area contributed by atoms with Crippen molar-refractivity contribution in [2.75, 3.05) is 0 Å². The van der Waals surface area contributed by atoms with E-state index in [0.29, 0.717) is 18.1 Å². The molecule has 1 aliphatic carbocycles. The highest BCUT2D eigenvalue weighted by Gasteiger charge is 2.13. The second kappa shape index (κ2) is 3.51. The molecule has 0 fully saturated rings. The van der Waals surface area contributed by atoms with Crippen LogP contribution in [0, 0.1) is 5.92 Å². The fraction of sp³-hybridized carbons (Fsp3) is 0.500. The van der Waals surface area contributed by atoms with E-state index in [9.17, 15) is 4.79 Å². The Hall–Kier alpha value is -0.850. The first-order chi connectivity index (χ1) is 5.25. The molecule has 0 radical (unpaired) electrons. The molecular formula is C10H14O. The van der Waals surface area contributed by atoms with E-state index in [1.807, 2.05) is 13.0 Å². The van der Waals surface area contributed by atoms with Crippen LogP contribution >= 0.6 is 0 Å². The lowest BCUT2D eigenvalue weighted by Gasteiger charge is -2.13. The van der Waals surface area contributed by atoms with Gasteiger partial charge in [-0.3, -0.25) is 4.79 Å². The highest BCUT2D eigenvalue weighted by atomic mass is 16.1. The molecule has 1 rings (SSSR count). The molecule has 1 atom stereocenters. The van der Waals surface area contributed by atoms with Crippen molar-refractivity contribution in [1.82, 2.24) is 0 Å². The normalized spacial score (nSPS) is 23.1. The highest BCUT2D eigenvalue weighted by molar-refractivity contribution is 5.96. The second-order valence-electron chi connectivity index (χ2n) is 2.89. The molecule has 0 aromatic heterocycles. The molecule has 11 heavy (non-hydrogen) atoms. The maximum Gasteiger partial charge on any atom is 0.158 e. The Morgan fingerprint density at radius 3 is 3.00 bits per heavy atom. The van der Waals surface area contributed by atoms with Gasteiger partial charge in [0.05, 0.1) is 0 Å². The molecule has 0 saturated heterocycles. The molecule has 1 unspecified atom stereocenters. The topological polar surface area (TPSA) is 17.1 Å². The fourth-order valence-electron chi connectivity index (χ4n) is 1.34. The number of rotatable bonds is 2. The summed E-state index contributed by atoms with van der Waals surface area (Å²) in [5.41, 5.74) is 0.995. The molecule has 1 nitrogen and oxygen atoms in total. The first kappa shape index (κ1) is 8.25. The van der Waals surface area contributed by atoms with Crippen molar-refractivity contribution in [1.29, 1.82) is 0 Å². The third kappa shape index (κ3) is 1.79. The van der Waals surface area contributed by atoms with Crippen molar-refractivity contribution in [2.45, 2.75) is 26.7 Å². The minimum absolute atomic E-state index is 0.293. The standard InChI is InChI=1S/C10H14O/c1-3-10(11)9-7-5-4-6-8(9)2/h4,6-8H,3,5H2,1-2H3. The summed E-state index contributed by atoms with van der Waals surface area (Å²) in [7, 11) is 0. The molecule has 0 aliphatic heterocycles. The lowest BCUT2D eigenvalue weighted by Crippen LogP contribution is -2.09. The molecule has 0 spiro atoms. The van der Waals surface area contributed by atoms with Gasteiger partial charge in [0, 0.05) is 12.3 Å². The largest absolute Gasteiger partial charge is 0.295 e. The van der Waals surface area contributed by atoms with E-state index in [4.69, 9.17) is 0 Å². The fourth-order valence-corrected chi connectivity index (χ4v) is 1.34. The van der Waals surface area contributed by atoms with Crippen molar-refractivity contribution >= 4 is 5.78 Å². The Kier molecular flexibility index (Phi) is 2.64. The monoisotopic (exact) mass is 150 g/mol. The van der Waals surface area contributed by atoms with E-state index in [2.05, 4.69) is 19.1 Å². The van der Waals surface area contributed by atoms with Crippen LogP contribution in [0.25, 0.3) is 0 Å². The van der Waals surface area contributed by atoms with Gasteiger partial charge in [-0.05, 0) is 12.0 Å². The Bertz CT molecular complexity index is 211. The van der Waals surface area contributed by atoms with Crippen molar-refractivity contribution in [2.24, 2.45) is 5.92 Å². The molecule has 0 aromatic rings. The first-order valence-corrected chi connectivity index (χ1v) is 4.15. The molecule has 0 aromatic carbocycles. The van der Waals surface area contributed by atoms with Gasteiger partial charge in [0.1, 0.15) is 0 Å². The van der Waals surface area contributed by atoms with E-state index >= 15 is 0 Å². The van der Waals surface area contributed by atoms with Crippen LogP contribution in [-0.2, 0) is 4.79 Å². The van der Waals surface area contributed by atoms with E-state index in [1.165, 1.54) is 0 Å². The maximum atomic E-state index is 11.3. The van der Waals surface area contributed by atoms with Gasteiger partial charge >= 0.3 is 0 Å². The number of allylic oxidation sites excluding steroid dienone is 4. The maximum absolute atomic E-state index is 11.3. The van der Waals surface area contributed by atoms with Crippen LogP contribution in [0.3, 0.4) is 0 Å². The molecule has 1 heteroatoms. The quantitative estimate of drug-likeness (QED) is 0.553. The molecular weight excluding hydrogens is 136 g/mol. The zero-order valence-corrected chi connectivity index (χ0v) is 7.13. The lowest BCUT2D eigenvalue weighted by atomic mass is 9.91. The summed E-state index contributed by atoms with van der Waals surface area (Å²) in [6.45, 7) is 3.98. The number of carbonyl (C=O) groups is 1. The summed E-state index contributed by atoms with van der Waals surface area (Å²) in [4.78, 5) is 11.3. The lowest BCUT2D eigenvalue weighted by molar-refractivity contribution is -0.115. The summed E-state index contributed by atoms with van der Waals surface area (Å²) in [6.07, 6.45) is 7.80. The highest BCUT2D eigenvalue weighted by Crippen LogP contribution is 2.19. The van der Waals surface area contributed by atoms with Crippen molar-refractivity contribution in [3.63, 3.8) is 0 Å². The summed E-state index contributed by atoms with van der Waals surface area (Å²) in [5, 5.41) is 0. The molecule has 1 aliphatic rings. The predicted molar refractivity (Wildman–Crippen MR) is 46.3 cm³/mol. The van der Waals surface area contributed by atoms with Gasteiger partial charge in [-0.25, -0.2) is 0 Å². The van der Waals surface area contributed by atoms with Crippen LogP contribution < -0.4 is 0 Å². The Balaban J connectivity index is 2.71. The van der Waals surface area contributed by atoms with Gasteiger partial charge in [-0.2, -0.15) is 0 Å². The average Bonchev–Trinajstić information content (AvgIpc) is 2.04. The molecule has 0 bridgehead atoms. The van der Waals surface area contributed by atoms with E-state index in [1.54, 1.807) is 0 Å². The van der Waals surface area contributed by atoms with Crippen molar-refractivity contribution < 1.29 is 4.79 Å². The van der Waals surface area contributed by atoms with Crippen LogP contribution in [0.1, 0.15) is 26.7 Å². The Morgan fingerprint density at radius 1 is 1.73 bits per heavy atom. The minimum Gasteiger partial charge on any atom is -0.295 e. The number of hydrogen-bond acceptors (Lipinski definition) is 1. The van der Waals surface area contributed by atoms with Crippen LogP contribution in [0.5, 0.6) is 0 Å². The van der Waals surface area contributed by atoms with Crippen LogP contribution in [0.4, 0.5) is 0 Å².